The molecule has 0 bridgehead atoms. The molecule has 1 N–H and O–H groups in total. The second-order valence-corrected chi connectivity index (χ2v) is 4.11. The Balaban J connectivity index is 3.83. The highest BCUT2D eigenvalue weighted by Crippen LogP contribution is 2.03. The van der Waals surface area contributed by atoms with Crippen LogP contribution in [0.3, 0.4) is 0 Å². The van der Waals surface area contributed by atoms with Crippen LogP contribution in [0.4, 0.5) is 0 Å². The lowest BCUT2D eigenvalue weighted by Crippen LogP contribution is -2.39. The number of hydrogen-bond donors (Lipinski definition) is 1. The van der Waals surface area contributed by atoms with Gasteiger partial charge in [-0.15, -0.1) is 0 Å². The van der Waals surface area contributed by atoms with Crippen LogP contribution in [0.2, 0.25) is 0 Å². The number of likely N-dealkylation sites (N-methyl/N-ethyl adjacent to an activating group) is 1. The standard InChI is InChI=1S/C9H17NO4S/c1-7(6-15-3)10(2)8(11)4-14-5-9(12)13/h7H,4-6H2,1-3H3,(H,12,13). The Morgan fingerprint density at radius 3 is 2.53 bits per heavy atom. The van der Waals surface area contributed by atoms with Crippen molar-refractivity contribution < 1.29 is 19.4 Å². The first-order chi connectivity index (χ1) is 6.99. The van der Waals surface area contributed by atoms with E-state index in [1.54, 1.807) is 23.7 Å². The van der Waals surface area contributed by atoms with E-state index in [1.165, 1.54) is 0 Å². The van der Waals surface area contributed by atoms with Gasteiger partial charge >= 0.3 is 5.97 Å². The van der Waals surface area contributed by atoms with Crippen LogP contribution < -0.4 is 0 Å². The van der Waals surface area contributed by atoms with Crippen molar-refractivity contribution in [2.45, 2.75) is 13.0 Å². The van der Waals surface area contributed by atoms with E-state index in [4.69, 9.17) is 9.84 Å². The van der Waals surface area contributed by atoms with Crippen LogP contribution in [0.15, 0.2) is 0 Å². The van der Waals surface area contributed by atoms with E-state index in [0.717, 1.165) is 5.75 Å². The Labute approximate surface area is 93.8 Å². The van der Waals surface area contributed by atoms with E-state index in [0.29, 0.717) is 0 Å². The minimum atomic E-state index is -1.07. The smallest absolute Gasteiger partial charge is 0.329 e. The lowest BCUT2D eigenvalue weighted by Gasteiger charge is -2.24. The summed E-state index contributed by atoms with van der Waals surface area (Å²) < 4.78 is 4.71. The highest BCUT2D eigenvalue weighted by Gasteiger charge is 2.15. The van der Waals surface area contributed by atoms with Crippen LogP contribution in [0.1, 0.15) is 6.92 Å². The summed E-state index contributed by atoms with van der Waals surface area (Å²) in [5.74, 6) is -0.415. The zero-order chi connectivity index (χ0) is 11.8. The van der Waals surface area contributed by atoms with E-state index in [2.05, 4.69) is 0 Å². The van der Waals surface area contributed by atoms with Gasteiger partial charge in [-0.05, 0) is 13.2 Å². The molecule has 88 valence electrons. The van der Waals surface area contributed by atoms with Gasteiger partial charge in [0.15, 0.2) is 0 Å². The average molecular weight is 235 g/mol. The maximum atomic E-state index is 11.4. The Morgan fingerprint density at radius 2 is 2.07 bits per heavy atom. The molecular weight excluding hydrogens is 218 g/mol. The van der Waals surface area contributed by atoms with Gasteiger partial charge in [0.25, 0.3) is 0 Å². The van der Waals surface area contributed by atoms with Gasteiger partial charge in [0.05, 0.1) is 0 Å². The number of carbonyl (C=O) groups excluding carboxylic acids is 1. The van der Waals surface area contributed by atoms with Crippen molar-refractivity contribution in [3.8, 4) is 0 Å². The molecule has 0 aliphatic heterocycles. The van der Waals surface area contributed by atoms with Gasteiger partial charge in [0, 0.05) is 18.8 Å². The van der Waals surface area contributed by atoms with Gasteiger partial charge in [0.2, 0.25) is 5.91 Å². The Kier molecular flexibility index (Phi) is 7.15. The van der Waals surface area contributed by atoms with Crippen molar-refractivity contribution in [2.75, 3.05) is 32.3 Å². The van der Waals surface area contributed by atoms with E-state index < -0.39 is 12.6 Å². The fourth-order valence-electron chi connectivity index (χ4n) is 0.926. The van der Waals surface area contributed by atoms with Crippen LogP contribution in [-0.2, 0) is 14.3 Å². The van der Waals surface area contributed by atoms with Gasteiger partial charge in [-0.3, -0.25) is 4.79 Å². The molecule has 1 atom stereocenters. The molecule has 0 aliphatic rings. The zero-order valence-corrected chi connectivity index (χ0v) is 10.0. The Hall–Kier alpha value is -0.750. The van der Waals surface area contributed by atoms with E-state index in [-0.39, 0.29) is 18.6 Å². The van der Waals surface area contributed by atoms with E-state index in [1.807, 2.05) is 13.2 Å². The summed E-state index contributed by atoms with van der Waals surface area (Å²) in [6.07, 6.45) is 1.97. The number of hydrogen-bond acceptors (Lipinski definition) is 4. The summed E-state index contributed by atoms with van der Waals surface area (Å²) in [6, 6.07) is 0.126. The number of carboxylic acid groups (broad SMARTS) is 1. The number of aliphatic carboxylic acids is 1. The highest BCUT2D eigenvalue weighted by molar-refractivity contribution is 7.98. The predicted octanol–water partition coefficient (Wildman–Crippen LogP) is 0.297. The normalized spacial score (nSPS) is 12.2. The molecule has 6 heteroatoms. The van der Waals surface area contributed by atoms with Gasteiger partial charge in [-0.2, -0.15) is 11.8 Å². The number of thioether (sulfide) groups is 1. The average Bonchev–Trinajstić information content (AvgIpc) is 2.16. The molecule has 0 heterocycles. The summed E-state index contributed by atoms with van der Waals surface area (Å²) >= 11 is 1.66. The van der Waals surface area contributed by atoms with Crippen molar-refractivity contribution >= 4 is 23.6 Å². The number of carbonyl (C=O) groups is 2. The zero-order valence-electron chi connectivity index (χ0n) is 9.23. The molecule has 1 amide bonds. The fraction of sp³-hybridized carbons (Fsp3) is 0.778. The quantitative estimate of drug-likeness (QED) is 0.687. The summed E-state index contributed by atoms with van der Waals surface area (Å²) in [4.78, 5) is 23.1. The number of nitrogens with zero attached hydrogens (tertiary/aromatic N) is 1. The van der Waals surface area contributed by atoms with Gasteiger partial charge in [-0.25, -0.2) is 4.79 Å². The van der Waals surface area contributed by atoms with Crippen LogP contribution in [0.5, 0.6) is 0 Å². The van der Waals surface area contributed by atoms with E-state index >= 15 is 0 Å². The lowest BCUT2D eigenvalue weighted by atomic mass is 10.3. The minimum Gasteiger partial charge on any atom is -0.480 e. The third-order valence-corrected chi connectivity index (χ3v) is 2.73. The molecule has 0 aromatic rings. The van der Waals surface area contributed by atoms with Crippen LogP contribution >= 0.6 is 11.8 Å². The molecule has 0 aromatic heterocycles. The van der Waals surface area contributed by atoms with Crippen LogP contribution in [-0.4, -0.2) is 60.2 Å². The van der Waals surface area contributed by atoms with Gasteiger partial charge in [-0.1, -0.05) is 0 Å². The molecule has 0 aromatic carbocycles. The Bertz CT molecular complexity index is 222. The molecular formula is C9H17NO4S. The predicted molar refractivity (Wildman–Crippen MR) is 59.1 cm³/mol. The largest absolute Gasteiger partial charge is 0.480 e. The van der Waals surface area contributed by atoms with E-state index in [9.17, 15) is 9.59 Å². The molecule has 0 fully saturated rings. The van der Waals surface area contributed by atoms with Crippen molar-refractivity contribution in [3.63, 3.8) is 0 Å². The second-order valence-electron chi connectivity index (χ2n) is 3.20. The molecule has 0 saturated heterocycles. The molecule has 0 radical (unpaired) electrons. The third-order valence-electron chi connectivity index (χ3n) is 1.91. The fourth-order valence-corrected chi connectivity index (χ4v) is 1.63. The maximum Gasteiger partial charge on any atom is 0.329 e. The molecule has 1 unspecified atom stereocenters. The summed E-state index contributed by atoms with van der Waals surface area (Å²) in [7, 11) is 1.69. The number of carboxylic acids is 1. The summed E-state index contributed by atoms with van der Waals surface area (Å²) in [5, 5.41) is 8.31. The van der Waals surface area contributed by atoms with Crippen molar-refractivity contribution in [2.24, 2.45) is 0 Å². The third kappa shape index (κ3) is 6.35. The van der Waals surface area contributed by atoms with Crippen molar-refractivity contribution in [3.05, 3.63) is 0 Å². The molecule has 5 nitrogen and oxygen atoms in total. The van der Waals surface area contributed by atoms with Crippen LogP contribution in [0.25, 0.3) is 0 Å². The first-order valence-electron chi connectivity index (χ1n) is 4.53. The molecule has 0 rings (SSSR count). The molecule has 0 aliphatic carbocycles. The summed E-state index contributed by atoms with van der Waals surface area (Å²) in [5.41, 5.74) is 0. The highest BCUT2D eigenvalue weighted by atomic mass is 32.2. The number of amides is 1. The molecule has 15 heavy (non-hydrogen) atoms. The molecule has 0 saturated carbocycles. The van der Waals surface area contributed by atoms with Crippen molar-refractivity contribution in [1.29, 1.82) is 0 Å². The molecule has 0 spiro atoms. The topological polar surface area (TPSA) is 66.8 Å². The number of rotatable bonds is 7. The lowest BCUT2D eigenvalue weighted by molar-refractivity contribution is -0.145. The minimum absolute atomic E-state index is 0.126. The van der Waals surface area contributed by atoms with Gasteiger partial charge in [0.1, 0.15) is 13.2 Å². The Morgan fingerprint density at radius 1 is 1.47 bits per heavy atom. The SMILES string of the molecule is CSCC(C)N(C)C(=O)COCC(=O)O. The van der Waals surface area contributed by atoms with Gasteiger partial charge < -0.3 is 14.7 Å². The summed E-state index contributed by atoms with van der Waals surface area (Å²) in [6.45, 7) is 1.32. The first-order valence-corrected chi connectivity index (χ1v) is 5.92. The first kappa shape index (κ1) is 14.2. The van der Waals surface area contributed by atoms with Crippen molar-refractivity contribution in [1.82, 2.24) is 4.90 Å². The number of ether oxygens (including phenoxy) is 1. The maximum absolute atomic E-state index is 11.4. The monoisotopic (exact) mass is 235 g/mol. The second kappa shape index (κ2) is 7.53. The van der Waals surface area contributed by atoms with Crippen LogP contribution in [0, 0.1) is 0 Å².